The zero-order valence-corrected chi connectivity index (χ0v) is 13.0. The largest absolute Gasteiger partial charge is 0.478 e. The van der Waals surface area contributed by atoms with E-state index in [-0.39, 0.29) is 10.7 Å². The van der Waals surface area contributed by atoms with Gasteiger partial charge >= 0.3 is 0 Å². The molecule has 0 aliphatic heterocycles. The van der Waals surface area contributed by atoms with Crippen molar-refractivity contribution in [2.45, 2.75) is 24.8 Å². The fourth-order valence-corrected chi connectivity index (χ4v) is 2.41. The second-order valence-corrected chi connectivity index (χ2v) is 6.13. The predicted molar refractivity (Wildman–Crippen MR) is 83.0 cm³/mol. The van der Waals surface area contributed by atoms with Gasteiger partial charge in [-0.25, -0.2) is 23.5 Å². The zero-order chi connectivity index (χ0) is 16.0. The highest BCUT2D eigenvalue weighted by Gasteiger charge is 2.14. The van der Waals surface area contributed by atoms with E-state index in [1.54, 1.807) is 12.3 Å². The number of pyridine rings is 2. The van der Waals surface area contributed by atoms with Crippen LogP contribution in [0.3, 0.4) is 0 Å². The average molecular weight is 322 g/mol. The van der Waals surface area contributed by atoms with Gasteiger partial charge in [-0.3, -0.25) is 0 Å². The summed E-state index contributed by atoms with van der Waals surface area (Å²) in [5.74, 6) is 0.782. The van der Waals surface area contributed by atoms with Gasteiger partial charge in [-0.15, -0.1) is 0 Å². The van der Waals surface area contributed by atoms with Crippen molar-refractivity contribution in [3.05, 3.63) is 42.2 Å². The standard InChI is InChI=1S/C14H18N4O3S/c1-2-8-21-13-6-5-11(9-17-13)10-18-14-12(22(15,19)20)4-3-7-16-14/h3-7,9H,2,8,10H2,1H3,(H,16,18)(H2,15,19,20). The minimum atomic E-state index is -3.82. The van der Waals surface area contributed by atoms with Gasteiger partial charge in [-0.05, 0) is 24.1 Å². The minimum Gasteiger partial charge on any atom is -0.478 e. The lowest BCUT2D eigenvalue weighted by Crippen LogP contribution is -2.16. The molecule has 0 amide bonds. The van der Waals surface area contributed by atoms with E-state index in [9.17, 15) is 8.42 Å². The van der Waals surface area contributed by atoms with Crippen molar-refractivity contribution >= 4 is 15.8 Å². The number of anilines is 1. The van der Waals surface area contributed by atoms with Gasteiger partial charge in [0, 0.05) is 25.0 Å². The van der Waals surface area contributed by atoms with E-state index in [0.29, 0.717) is 19.0 Å². The van der Waals surface area contributed by atoms with Crippen LogP contribution in [-0.4, -0.2) is 25.0 Å². The molecular weight excluding hydrogens is 304 g/mol. The molecule has 0 radical (unpaired) electrons. The predicted octanol–water partition coefficient (Wildman–Crippen LogP) is 1.52. The SMILES string of the molecule is CCCOc1ccc(CNc2ncccc2S(N)(=O)=O)cn1. The number of nitrogens with zero attached hydrogens (tertiary/aromatic N) is 2. The maximum Gasteiger partial charge on any atom is 0.241 e. The third-order valence-corrected chi connectivity index (χ3v) is 3.73. The molecular formula is C14H18N4O3S. The molecule has 22 heavy (non-hydrogen) atoms. The Bertz CT molecular complexity index is 717. The van der Waals surface area contributed by atoms with Crippen molar-refractivity contribution in [2.24, 2.45) is 5.14 Å². The van der Waals surface area contributed by atoms with Crippen LogP contribution in [0, 0.1) is 0 Å². The first-order valence-corrected chi connectivity index (χ1v) is 8.34. The Morgan fingerprint density at radius 2 is 2.09 bits per heavy atom. The molecule has 0 atom stereocenters. The summed E-state index contributed by atoms with van der Waals surface area (Å²) in [6, 6.07) is 6.55. The average Bonchev–Trinajstić information content (AvgIpc) is 2.51. The summed E-state index contributed by atoms with van der Waals surface area (Å²) in [7, 11) is -3.82. The van der Waals surface area contributed by atoms with E-state index >= 15 is 0 Å². The van der Waals surface area contributed by atoms with Crippen molar-refractivity contribution in [1.29, 1.82) is 0 Å². The van der Waals surface area contributed by atoms with Crippen molar-refractivity contribution < 1.29 is 13.2 Å². The summed E-state index contributed by atoms with van der Waals surface area (Å²) >= 11 is 0. The molecule has 2 rings (SSSR count). The summed E-state index contributed by atoms with van der Waals surface area (Å²) in [6.07, 6.45) is 4.08. The first-order chi connectivity index (χ1) is 10.5. The maximum absolute atomic E-state index is 11.5. The Labute approximate surface area is 129 Å². The minimum absolute atomic E-state index is 0.0362. The molecule has 0 fully saturated rings. The lowest BCUT2D eigenvalue weighted by molar-refractivity contribution is 0.305. The van der Waals surface area contributed by atoms with Crippen LogP contribution in [0.1, 0.15) is 18.9 Å². The summed E-state index contributed by atoms with van der Waals surface area (Å²) in [5, 5.41) is 8.10. The van der Waals surface area contributed by atoms with Crippen molar-refractivity contribution in [3.8, 4) is 5.88 Å². The summed E-state index contributed by atoms with van der Waals surface area (Å²) < 4.78 is 28.4. The fourth-order valence-electron chi connectivity index (χ4n) is 1.75. The fraction of sp³-hybridized carbons (Fsp3) is 0.286. The smallest absolute Gasteiger partial charge is 0.241 e. The first kappa shape index (κ1) is 16.2. The molecule has 3 N–H and O–H groups in total. The molecule has 118 valence electrons. The summed E-state index contributed by atoms with van der Waals surface area (Å²) in [5.41, 5.74) is 0.870. The number of primary sulfonamides is 1. The molecule has 0 aliphatic rings. The topological polar surface area (TPSA) is 107 Å². The quantitative estimate of drug-likeness (QED) is 0.800. The molecule has 0 spiro atoms. The number of sulfonamides is 1. The molecule has 8 heteroatoms. The second kappa shape index (κ2) is 7.19. The lowest BCUT2D eigenvalue weighted by Gasteiger charge is -2.09. The van der Waals surface area contributed by atoms with Gasteiger partial charge in [0.05, 0.1) is 6.61 Å². The highest BCUT2D eigenvalue weighted by molar-refractivity contribution is 7.89. The summed E-state index contributed by atoms with van der Waals surface area (Å²) in [4.78, 5) is 8.14. The number of aromatic nitrogens is 2. The molecule has 0 aliphatic carbocycles. The molecule has 7 nitrogen and oxygen atoms in total. The Hall–Kier alpha value is -2.19. The highest BCUT2D eigenvalue weighted by Crippen LogP contribution is 2.17. The molecule has 2 heterocycles. The second-order valence-electron chi connectivity index (χ2n) is 4.60. The molecule has 0 bridgehead atoms. The van der Waals surface area contributed by atoms with Crippen LogP contribution in [0.5, 0.6) is 5.88 Å². The van der Waals surface area contributed by atoms with E-state index in [4.69, 9.17) is 9.88 Å². The van der Waals surface area contributed by atoms with Gasteiger partial charge < -0.3 is 10.1 Å². The molecule has 2 aromatic heterocycles. The van der Waals surface area contributed by atoms with Crippen molar-refractivity contribution in [3.63, 3.8) is 0 Å². The Balaban J connectivity index is 2.05. The molecule has 0 unspecified atom stereocenters. The van der Waals surface area contributed by atoms with Crippen LogP contribution < -0.4 is 15.2 Å². The number of hydrogen-bond acceptors (Lipinski definition) is 6. The van der Waals surface area contributed by atoms with Crippen LogP contribution in [0.15, 0.2) is 41.6 Å². The van der Waals surface area contributed by atoms with Crippen LogP contribution in [-0.2, 0) is 16.6 Å². The number of rotatable bonds is 7. The number of nitrogens with two attached hydrogens (primary N) is 1. The van der Waals surface area contributed by atoms with E-state index in [1.165, 1.54) is 18.3 Å². The number of nitrogens with one attached hydrogen (secondary N) is 1. The number of hydrogen-bond donors (Lipinski definition) is 2. The zero-order valence-electron chi connectivity index (χ0n) is 12.2. The Kier molecular flexibility index (Phi) is 5.29. The highest BCUT2D eigenvalue weighted by atomic mass is 32.2. The third kappa shape index (κ3) is 4.40. The maximum atomic E-state index is 11.5. The molecule has 0 saturated heterocycles. The van der Waals surface area contributed by atoms with Gasteiger partial charge in [0.1, 0.15) is 10.7 Å². The third-order valence-electron chi connectivity index (χ3n) is 2.79. The van der Waals surface area contributed by atoms with E-state index in [0.717, 1.165) is 12.0 Å². The lowest BCUT2D eigenvalue weighted by atomic mass is 10.3. The van der Waals surface area contributed by atoms with Gasteiger partial charge in [-0.1, -0.05) is 13.0 Å². The van der Waals surface area contributed by atoms with Gasteiger partial charge in [0.25, 0.3) is 0 Å². The van der Waals surface area contributed by atoms with Gasteiger partial charge in [0.2, 0.25) is 15.9 Å². The van der Waals surface area contributed by atoms with Crippen LogP contribution >= 0.6 is 0 Å². The Morgan fingerprint density at radius 1 is 1.27 bits per heavy atom. The summed E-state index contributed by atoms with van der Waals surface area (Å²) in [6.45, 7) is 3.02. The number of ether oxygens (including phenoxy) is 1. The van der Waals surface area contributed by atoms with Gasteiger partial charge in [-0.2, -0.15) is 0 Å². The first-order valence-electron chi connectivity index (χ1n) is 6.80. The van der Waals surface area contributed by atoms with Crippen molar-refractivity contribution in [2.75, 3.05) is 11.9 Å². The van der Waals surface area contributed by atoms with Crippen LogP contribution in [0.25, 0.3) is 0 Å². The molecule has 2 aromatic rings. The van der Waals surface area contributed by atoms with E-state index in [1.807, 2.05) is 13.0 Å². The van der Waals surface area contributed by atoms with E-state index in [2.05, 4.69) is 15.3 Å². The monoisotopic (exact) mass is 322 g/mol. The normalized spacial score (nSPS) is 11.2. The van der Waals surface area contributed by atoms with Crippen LogP contribution in [0.4, 0.5) is 5.82 Å². The van der Waals surface area contributed by atoms with Gasteiger partial charge in [0.15, 0.2) is 0 Å². The van der Waals surface area contributed by atoms with E-state index < -0.39 is 10.0 Å². The Morgan fingerprint density at radius 3 is 2.73 bits per heavy atom. The molecule has 0 saturated carbocycles. The van der Waals surface area contributed by atoms with Crippen molar-refractivity contribution in [1.82, 2.24) is 9.97 Å². The van der Waals surface area contributed by atoms with Crippen LogP contribution in [0.2, 0.25) is 0 Å². The molecule has 0 aromatic carbocycles.